The van der Waals surface area contributed by atoms with Crippen molar-refractivity contribution in [2.24, 2.45) is 0 Å². The van der Waals surface area contributed by atoms with E-state index in [1.165, 1.54) is 21.3 Å². The van der Waals surface area contributed by atoms with Crippen molar-refractivity contribution in [2.45, 2.75) is 17.2 Å². The highest BCUT2D eigenvalue weighted by molar-refractivity contribution is 7.89. The molecule has 0 N–H and O–H groups in total. The van der Waals surface area contributed by atoms with E-state index in [9.17, 15) is 26.4 Å². The summed E-state index contributed by atoms with van der Waals surface area (Å²) in [5.74, 6) is 0.200. The number of pyridine rings is 1. The second-order valence-electron chi connectivity index (χ2n) is 7.72. The molecule has 0 aromatic carbocycles. The summed E-state index contributed by atoms with van der Waals surface area (Å²) in [4.78, 5) is 21.0. The number of likely N-dealkylation sites (N-methyl/N-ethyl adjacent to an activating group) is 1. The first-order valence-electron chi connectivity index (χ1n) is 9.80. The minimum atomic E-state index is -4.47. The highest BCUT2D eigenvalue weighted by atomic mass is 32.2. The summed E-state index contributed by atoms with van der Waals surface area (Å²) >= 11 is 0. The predicted molar refractivity (Wildman–Crippen MR) is 106 cm³/mol. The van der Waals surface area contributed by atoms with Crippen LogP contribution in [0.15, 0.2) is 23.2 Å². The molecule has 0 unspecified atom stereocenters. The number of carbonyl (C=O) groups excluding carboxylic acids is 1. The van der Waals surface area contributed by atoms with Crippen LogP contribution < -0.4 is 4.90 Å². The van der Waals surface area contributed by atoms with Crippen LogP contribution in [0.5, 0.6) is 0 Å². The fourth-order valence-corrected chi connectivity index (χ4v) is 4.83. The highest BCUT2D eigenvalue weighted by Gasteiger charge is 2.43. The Morgan fingerprint density at radius 3 is 2.42 bits per heavy atom. The van der Waals surface area contributed by atoms with Gasteiger partial charge in [0.05, 0.1) is 19.7 Å². The molecule has 2 aliphatic rings. The molecule has 13 heteroatoms. The molecule has 9 nitrogen and oxygen atoms in total. The molecule has 0 bridgehead atoms. The van der Waals surface area contributed by atoms with Crippen LogP contribution in [0.25, 0.3) is 0 Å². The lowest BCUT2D eigenvalue weighted by molar-refractivity contribution is -0.221. The summed E-state index contributed by atoms with van der Waals surface area (Å²) in [6.45, 7) is 0.922. The van der Waals surface area contributed by atoms with Crippen molar-refractivity contribution in [2.75, 3.05) is 71.4 Å². The van der Waals surface area contributed by atoms with Gasteiger partial charge in [-0.3, -0.25) is 4.79 Å². The van der Waals surface area contributed by atoms with Crippen LogP contribution in [0.2, 0.25) is 0 Å². The third kappa shape index (κ3) is 5.64. The number of halogens is 3. The Balaban J connectivity index is 1.63. The maximum absolute atomic E-state index is 12.9. The molecule has 2 aliphatic heterocycles. The second kappa shape index (κ2) is 9.27. The molecular formula is C18H26F3N5O4S. The molecule has 3 heterocycles. The van der Waals surface area contributed by atoms with Gasteiger partial charge in [0.25, 0.3) is 0 Å². The lowest BCUT2D eigenvalue weighted by Gasteiger charge is -2.35. The molecule has 2 saturated heterocycles. The van der Waals surface area contributed by atoms with E-state index < -0.39 is 28.8 Å². The summed E-state index contributed by atoms with van der Waals surface area (Å²) < 4.78 is 70.6. The summed E-state index contributed by atoms with van der Waals surface area (Å²) in [6.07, 6.45) is -5.22. The number of hydrogen-bond acceptors (Lipinski definition) is 7. The van der Waals surface area contributed by atoms with Crippen LogP contribution in [-0.2, 0) is 19.6 Å². The SMILES string of the molecule is CN(C)CC(=O)N1CCN(S(=O)(=O)c2ccc(N3CCO[C@H](C(F)(F)F)C3)nc2)CC1. The highest BCUT2D eigenvalue weighted by Crippen LogP contribution is 2.28. The zero-order valence-electron chi connectivity index (χ0n) is 17.4. The monoisotopic (exact) mass is 465 g/mol. The number of carbonyl (C=O) groups is 1. The number of hydrogen-bond donors (Lipinski definition) is 0. The summed E-state index contributed by atoms with van der Waals surface area (Å²) in [6, 6.07) is 2.75. The van der Waals surface area contributed by atoms with E-state index in [-0.39, 0.29) is 49.4 Å². The Bertz CT molecular complexity index is 871. The number of rotatable bonds is 5. The molecule has 1 aromatic rings. The zero-order chi connectivity index (χ0) is 22.8. The third-order valence-electron chi connectivity index (χ3n) is 5.16. The first-order chi connectivity index (χ1) is 14.5. The van der Waals surface area contributed by atoms with Gasteiger partial charge >= 0.3 is 6.18 Å². The summed E-state index contributed by atoms with van der Waals surface area (Å²) in [7, 11) is -0.242. The van der Waals surface area contributed by atoms with Crippen LogP contribution >= 0.6 is 0 Å². The number of aromatic nitrogens is 1. The lowest BCUT2D eigenvalue weighted by Crippen LogP contribution is -2.52. The fraction of sp³-hybridized carbons (Fsp3) is 0.667. The minimum Gasteiger partial charge on any atom is -0.365 e. The Hall–Kier alpha value is -1.96. The Labute approximate surface area is 179 Å². The van der Waals surface area contributed by atoms with Gasteiger partial charge in [0, 0.05) is 38.9 Å². The van der Waals surface area contributed by atoms with E-state index in [0.717, 1.165) is 6.20 Å². The number of alkyl halides is 3. The van der Waals surface area contributed by atoms with Gasteiger partial charge < -0.3 is 19.4 Å². The number of anilines is 1. The van der Waals surface area contributed by atoms with Crippen LogP contribution in [0.3, 0.4) is 0 Å². The van der Waals surface area contributed by atoms with Crippen LogP contribution in [0.1, 0.15) is 0 Å². The normalized spacial score (nSPS) is 21.5. The number of morpholine rings is 1. The van der Waals surface area contributed by atoms with E-state index in [4.69, 9.17) is 4.74 Å². The van der Waals surface area contributed by atoms with Crippen molar-refractivity contribution in [3.05, 3.63) is 18.3 Å². The number of sulfonamides is 1. The second-order valence-corrected chi connectivity index (χ2v) is 9.66. The van der Waals surface area contributed by atoms with Gasteiger partial charge in [-0.05, 0) is 26.2 Å². The molecule has 0 spiro atoms. The van der Waals surface area contributed by atoms with Gasteiger partial charge in [0.15, 0.2) is 6.10 Å². The maximum Gasteiger partial charge on any atom is 0.416 e. The summed E-state index contributed by atoms with van der Waals surface area (Å²) in [5.41, 5.74) is 0. The zero-order valence-corrected chi connectivity index (χ0v) is 18.2. The molecule has 0 aliphatic carbocycles. The van der Waals surface area contributed by atoms with E-state index in [2.05, 4.69) is 4.98 Å². The lowest BCUT2D eigenvalue weighted by atomic mass is 10.2. The largest absolute Gasteiger partial charge is 0.416 e. The first kappa shape index (κ1) is 23.7. The topological polar surface area (TPSA) is 86.3 Å². The van der Waals surface area contributed by atoms with Gasteiger partial charge in [-0.1, -0.05) is 0 Å². The molecule has 0 saturated carbocycles. The Morgan fingerprint density at radius 2 is 1.87 bits per heavy atom. The molecule has 2 fully saturated rings. The Kier molecular flexibility index (Phi) is 7.08. The summed E-state index contributed by atoms with van der Waals surface area (Å²) in [5, 5.41) is 0. The molecule has 1 aromatic heterocycles. The van der Waals surface area contributed by atoms with Gasteiger partial charge in [-0.25, -0.2) is 13.4 Å². The molecule has 1 amide bonds. The van der Waals surface area contributed by atoms with Crippen LogP contribution in [0.4, 0.5) is 19.0 Å². The van der Waals surface area contributed by atoms with Crippen LogP contribution in [0, 0.1) is 0 Å². The Morgan fingerprint density at radius 1 is 1.19 bits per heavy atom. The fourth-order valence-electron chi connectivity index (χ4n) is 3.46. The van der Waals surface area contributed by atoms with Crippen molar-refractivity contribution in [3.63, 3.8) is 0 Å². The number of ether oxygens (including phenoxy) is 1. The number of nitrogens with zero attached hydrogens (tertiary/aromatic N) is 5. The first-order valence-corrected chi connectivity index (χ1v) is 11.2. The molecule has 3 rings (SSSR count). The predicted octanol–water partition coefficient (Wildman–Crippen LogP) is 0.244. The van der Waals surface area contributed by atoms with Gasteiger partial charge in [0.2, 0.25) is 15.9 Å². The van der Waals surface area contributed by atoms with Crippen molar-refractivity contribution in [1.82, 2.24) is 19.1 Å². The van der Waals surface area contributed by atoms with Crippen LogP contribution in [-0.4, -0.2) is 112 Å². The number of piperazine rings is 1. The molecule has 31 heavy (non-hydrogen) atoms. The van der Waals surface area contributed by atoms with E-state index >= 15 is 0 Å². The molecule has 1 atom stereocenters. The van der Waals surface area contributed by atoms with Gasteiger partial charge in [-0.15, -0.1) is 0 Å². The maximum atomic E-state index is 12.9. The molecule has 174 valence electrons. The van der Waals surface area contributed by atoms with E-state index in [1.54, 1.807) is 23.9 Å². The number of amides is 1. The molecule has 0 radical (unpaired) electrons. The molecular weight excluding hydrogens is 439 g/mol. The smallest absolute Gasteiger partial charge is 0.365 e. The average Bonchev–Trinajstić information content (AvgIpc) is 2.73. The van der Waals surface area contributed by atoms with Crippen molar-refractivity contribution in [1.29, 1.82) is 0 Å². The average molecular weight is 465 g/mol. The minimum absolute atomic E-state index is 0.0371. The quantitative estimate of drug-likeness (QED) is 0.616. The van der Waals surface area contributed by atoms with E-state index in [1.807, 2.05) is 0 Å². The van der Waals surface area contributed by atoms with Crippen molar-refractivity contribution in [3.8, 4) is 0 Å². The standard InChI is InChI=1S/C18H26F3N5O4S/c1-23(2)13-17(27)24-5-7-26(8-6-24)31(28,29)14-3-4-16(22-11-14)25-9-10-30-15(12-25)18(19,20)21/h3-4,11,15H,5-10,12-13H2,1-2H3/t15-/m0/s1. The van der Waals surface area contributed by atoms with Gasteiger partial charge in [0.1, 0.15) is 10.7 Å². The van der Waals surface area contributed by atoms with Gasteiger partial charge in [-0.2, -0.15) is 17.5 Å². The van der Waals surface area contributed by atoms with E-state index in [0.29, 0.717) is 13.1 Å². The third-order valence-corrected chi connectivity index (χ3v) is 7.04. The van der Waals surface area contributed by atoms with Crippen molar-refractivity contribution < 1.29 is 31.1 Å². The van der Waals surface area contributed by atoms with Crippen molar-refractivity contribution >= 4 is 21.7 Å².